The second-order valence-corrected chi connectivity index (χ2v) is 5.09. The zero-order valence-electron chi connectivity index (χ0n) is 6.66. The first-order valence-electron chi connectivity index (χ1n) is 3.76. The van der Waals surface area contributed by atoms with Crippen molar-refractivity contribution in [3.63, 3.8) is 0 Å². The van der Waals surface area contributed by atoms with Gasteiger partial charge in [0.1, 0.15) is 0 Å². The smallest absolute Gasteiger partial charge is 0.214 e. The summed E-state index contributed by atoms with van der Waals surface area (Å²) in [5.74, 6) is 0.291. The summed E-state index contributed by atoms with van der Waals surface area (Å²) in [6, 6.07) is -0.0668. The minimum absolute atomic E-state index is 0.0668. The molecular weight excluding hydrogens is 164 g/mol. The van der Waals surface area contributed by atoms with E-state index in [2.05, 4.69) is 0 Å². The van der Waals surface area contributed by atoms with E-state index in [1.807, 2.05) is 6.92 Å². The van der Waals surface area contributed by atoms with E-state index in [4.69, 9.17) is 5.73 Å². The van der Waals surface area contributed by atoms with Gasteiger partial charge in [0.05, 0.1) is 5.75 Å². The van der Waals surface area contributed by atoms with E-state index in [9.17, 15) is 8.42 Å². The van der Waals surface area contributed by atoms with Crippen LogP contribution in [-0.4, -0.2) is 37.6 Å². The number of nitrogens with two attached hydrogens (primary N) is 1. The predicted molar refractivity (Wildman–Crippen MR) is 43.6 cm³/mol. The zero-order chi connectivity index (χ0) is 8.48. The van der Waals surface area contributed by atoms with Crippen molar-refractivity contribution in [2.75, 3.05) is 18.8 Å². The van der Waals surface area contributed by atoms with Crippen LogP contribution in [0.4, 0.5) is 0 Å². The van der Waals surface area contributed by atoms with Crippen molar-refractivity contribution in [3.8, 4) is 0 Å². The molecule has 2 N–H and O–H groups in total. The van der Waals surface area contributed by atoms with E-state index in [0.29, 0.717) is 18.8 Å². The summed E-state index contributed by atoms with van der Waals surface area (Å²) in [6.45, 7) is 2.92. The fraction of sp³-hybridized carbons (Fsp3) is 1.00. The average Bonchev–Trinajstić information content (AvgIpc) is 2.10. The highest BCUT2D eigenvalue weighted by atomic mass is 32.2. The molecule has 1 saturated heterocycles. The van der Waals surface area contributed by atoms with Crippen LogP contribution in [0.25, 0.3) is 0 Å². The molecule has 11 heavy (non-hydrogen) atoms. The second-order valence-electron chi connectivity index (χ2n) is 3.00. The van der Waals surface area contributed by atoms with Crippen LogP contribution in [0.2, 0.25) is 0 Å². The molecule has 0 aromatic rings. The standard InChI is InChI=1S/C6H14N2O2S/c1-6(7)5-8-3-2-4-11(8,9)10/h6H,2-5,7H2,1H3/t6-/m0/s1. The van der Waals surface area contributed by atoms with Gasteiger partial charge in [-0.05, 0) is 13.3 Å². The summed E-state index contributed by atoms with van der Waals surface area (Å²) in [7, 11) is -2.93. The third-order valence-corrected chi connectivity index (χ3v) is 3.62. The molecule has 1 aliphatic heterocycles. The Bertz CT molecular complexity index is 223. The molecule has 0 saturated carbocycles. The van der Waals surface area contributed by atoms with Gasteiger partial charge in [-0.3, -0.25) is 0 Å². The van der Waals surface area contributed by atoms with Crippen LogP contribution < -0.4 is 5.73 Å². The number of sulfonamides is 1. The SMILES string of the molecule is C[C@H](N)CN1CCCS1(=O)=O. The first-order valence-corrected chi connectivity index (χ1v) is 5.37. The summed E-state index contributed by atoms with van der Waals surface area (Å²) in [5.41, 5.74) is 5.49. The molecule has 0 amide bonds. The average molecular weight is 178 g/mol. The maximum absolute atomic E-state index is 11.2. The van der Waals surface area contributed by atoms with E-state index in [1.54, 1.807) is 0 Å². The minimum Gasteiger partial charge on any atom is -0.327 e. The molecule has 0 aliphatic carbocycles. The fourth-order valence-electron chi connectivity index (χ4n) is 1.22. The first kappa shape index (κ1) is 8.96. The Hall–Kier alpha value is -0.130. The van der Waals surface area contributed by atoms with Gasteiger partial charge in [-0.25, -0.2) is 12.7 Å². The molecule has 1 fully saturated rings. The number of hydrogen-bond donors (Lipinski definition) is 1. The maximum atomic E-state index is 11.2. The van der Waals surface area contributed by atoms with Crippen LogP contribution in [0.5, 0.6) is 0 Å². The maximum Gasteiger partial charge on any atom is 0.214 e. The highest BCUT2D eigenvalue weighted by Crippen LogP contribution is 2.12. The van der Waals surface area contributed by atoms with Crippen LogP contribution >= 0.6 is 0 Å². The molecule has 0 aromatic heterocycles. The summed E-state index contributed by atoms with van der Waals surface area (Å²) in [4.78, 5) is 0. The normalized spacial score (nSPS) is 27.1. The summed E-state index contributed by atoms with van der Waals surface area (Å²) in [6.07, 6.45) is 0.745. The largest absolute Gasteiger partial charge is 0.327 e. The number of hydrogen-bond acceptors (Lipinski definition) is 3. The van der Waals surface area contributed by atoms with Gasteiger partial charge in [-0.2, -0.15) is 0 Å². The van der Waals surface area contributed by atoms with Crippen LogP contribution in [-0.2, 0) is 10.0 Å². The molecule has 5 heteroatoms. The molecule has 1 aliphatic rings. The summed E-state index contributed by atoms with van der Waals surface area (Å²) >= 11 is 0. The Morgan fingerprint density at radius 3 is 2.64 bits per heavy atom. The molecule has 0 spiro atoms. The van der Waals surface area contributed by atoms with Gasteiger partial charge in [0, 0.05) is 19.1 Å². The van der Waals surface area contributed by atoms with Crippen LogP contribution in [0.3, 0.4) is 0 Å². The van der Waals surface area contributed by atoms with Crippen LogP contribution in [0.1, 0.15) is 13.3 Å². The monoisotopic (exact) mass is 178 g/mol. The quantitative estimate of drug-likeness (QED) is 0.612. The topological polar surface area (TPSA) is 63.4 Å². The molecular formula is C6H14N2O2S. The van der Waals surface area contributed by atoms with Crippen molar-refractivity contribution >= 4 is 10.0 Å². The summed E-state index contributed by atoms with van der Waals surface area (Å²) in [5, 5.41) is 0. The molecule has 1 atom stereocenters. The van der Waals surface area contributed by atoms with E-state index in [-0.39, 0.29) is 6.04 Å². The molecule has 0 bridgehead atoms. The van der Waals surface area contributed by atoms with Gasteiger partial charge in [-0.1, -0.05) is 0 Å². The number of rotatable bonds is 2. The fourth-order valence-corrected chi connectivity index (χ4v) is 2.84. The minimum atomic E-state index is -2.93. The predicted octanol–water partition coefficient (Wildman–Crippen LogP) is -0.631. The Balaban J connectivity index is 2.59. The van der Waals surface area contributed by atoms with E-state index >= 15 is 0 Å². The molecule has 1 rings (SSSR count). The second kappa shape index (κ2) is 3.08. The Labute approximate surface area is 67.4 Å². The Kier molecular flexibility index (Phi) is 2.51. The highest BCUT2D eigenvalue weighted by molar-refractivity contribution is 7.89. The van der Waals surface area contributed by atoms with Crippen molar-refractivity contribution in [2.24, 2.45) is 5.73 Å². The van der Waals surface area contributed by atoms with Gasteiger partial charge in [0.2, 0.25) is 10.0 Å². The van der Waals surface area contributed by atoms with Crippen LogP contribution in [0, 0.1) is 0 Å². The third kappa shape index (κ3) is 2.15. The van der Waals surface area contributed by atoms with Crippen molar-refractivity contribution in [1.82, 2.24) is 4.31 Å². The van der Waals surface area contributed by atoms with Gasteiger partial charge in [0.15, 0.2) is 0 Å². The Morgan fingerprint density at radius 2 is 2.27 bits per heavy atom. The molecule has 0 radical (unpaired) electrons. The lowest BCUT2D eigenvalue weighted by molar-refractivity contribution is 0.419. The molecule has 1 heterocycles. The van der Waals surface area contributed by atoms with Crippen LogP contribution in [0.15, 0.2) is 0 Å². The van der Waals surface area contributed by atoms with Crippen molar-refractivity contribution in [3.05, 3.63) is 0 Å². The number of nitrogens with zero attached hydrogens (tertiary/aromatic N) is 1. The molecule has 0 aromatic carbocycles. The zero-order valence-corrected chi connectivity index (χ0v) is 7.47. The van der Waals surface area contributed by atoms with E-state index in [0.717, 1.165) is 6.42 Å². The van der Waals surface area contributed by atoms with Gasteiger partial charge >= 0.3 is 0 Å². The van der Waals surface area contributed by atoms with Crippen molar-refractivity contribution < 1.29 is 8.42 Å². The lowest BCUT2D eigenvalue weighted by atomic mass is 10.3. The Morgan fingerprint density at radius 1 is 1.64 bits per heavy atom. The molecule has 4 nitrogen and oxygen atoms in total. The van der Waals surface area contributed by atoms with Gasteiger partial charge in [0.25, 0.3) is 0 Å². The lowest BCUT2D eigenvalue weighted by Gasteiger charge is -2.15. The van der Waals surface area contributed by atoms with Crippen molar-refractivity contribution in [1.29, 1.82) is 0 Å². The first-order chi connectivity index (χ1) is 5.02. The van der Waals surface area contributed by atoms with E-state index in [1.165, 1.54) is 4.31 Å². The van der Waals surface area contributed by atoms with Gasteiger partial charge < -0.3 is 5.73 Å². The van der Waals surface area contributed by atoms with Crippen molar-refractivity contribution in [2.45, 2.75) is 19.4 Å². The third-order valence-electron chi connectivity index (χ3n) is 1.69. The van der Waals surface area contributed by atoms with E-state index < -0.39 is 10.0 Å². The highest BCUT2D eigenvalue weighted by Gasteiger charge is 2.28. The summed E-state index contributed by atoms with van der Waals surface area (Å²) < 4.78 is 23.8. The van der Waals surface area contributed by atoms with Gasteiger partial charge in [-0.15, -0.1) is 0 Å². The lowest BCUT2D eigenvalue weighted by Crippen LogP contribution is -2.36. The molecule has 66 valence electrons. The molecule has 0 unspecified atom stereocenters.